The third-order valence-electron chi connectivity index (χ3n) is 5.09. The van der Waals surface area contributed by atoms with E-state index < -0.39 is 12.6 Å². The number of Topliss-reactive ketones (excluding diaryl/α,β-unsaturated/α-hetero) is 2. The van der Waals surface area contributed by atoms with Crippen LogP contribution in [0.1, 0.15) is 51.1 Å². The van der Waals surface area contributed by atoms with E-state index in [0.717, 1.165) is 11.1 Å². The number of carbonyl (C=O) groups excluding carboxylic acids is 3. The average molecular weight is 396 g/mol. The van der Waals surface area contributed by atoms with Crippen LogP contribution in [0.4, 0.5) is 0 Å². The second-order valence-corrected chi connectivity index (χ2v) is 7.14. The molecule has 4 rings (SSSR count). The van der Waals surface area contributed by atoms with Crippen molar-refractivity contribution >= 4 is 17.5 Å². The molecule has 2 aromatic rings. The molecule has 2 aromatic carbocycles. The number of ether oxygens (including phenoxy) is 4. The fraction of sp³-hybridized carbons (Fsp3) is 0.318. The summed E-state index contributed by atoms with van der Waals surface area (Å²) in [6.07, 6.45) is 0.436. The lowest BCUT2D eigenvalue weighted by Crippen LogP contribution is -2.20. The summed E-state index contributed by atoms with van der Waals surface area (Å²) in [6, 6.07) is 8.34. The number of ketones is 2. The van der Waals surface area contributed by atoms with E-state index in [1.807, 2.05) is 19.9 Å². The lowest BCUT2D eigenvalue weighted by Gasteiger charge is -2.13. The minimum atomic E-state index is -0.688. The van der Waals surface area contributed by atoms with Crippen LogP contribution in [-0.2, 0) is 9.53 Å². The predicted molar refractivity (Wildman–Crippen MR) is 102 cm³/mol. The highest BCUT2D eigenvalue weighted by Gasteiger charge is 2.31. The van der Waals surface area contributed by atoms with E-state index in [-0.39, 0.29) is 30.9 Å². The fourth-order valence-corrected chi connectivity index (χ4v) is 3.71. The Morgan fingerprint density at radius 3 is 2.72 bits per heavy atom. The summed E-state index contributed by atoms with van der Waals surface area (Å²) in [4.78, 5) is 36.5. The van der Waals surface area contributed by atoms with E-state index in [1.54, 1.807) is 24.3 Å². The van der Waals surface area contributed by atoms with Gasteiger partial charge in [-0.1, -0.05) is 13.0 Å². The van der Waals surface area contributed by atoms with Gasteiger partial charge in [-0.15, -0.1) is 0 Å². The van der Waals surface area contributed by atoms with Gasteiger partial charge in [0.15, 0.2) is 36.3 Å². The van der Waals surface area contributed by atoms with Gasteiger partial charge in [0.2, 0.25) is 6.79 Å². The van der Waals surface area contributed by atoms with E-state index in [2.05, 4.69) is 0 Å². The Morgan fingerprint density at radius 1 is 1.10 bits per heavy atom. The number of esters is 1. The zero-order chi connectivity index (χ0) is 20.5. The molecule has 2 aliphatic rings. The summed E-state index contributed by atoms with van der Waals surface area (Å²) in [7, 11) is 0. The van der Waals surface area contributed by atoms with Gasteiger partial charge in [0, 0.05) is 12.0 Å². The summed E-state index contributed by atoms with van der Waals surface area (Å²) in [6.45, 7) is 3.27. The van der Waals surface area contributed by atoms with E-state index in [0.29, 0.717) is 34.8 Å². The first-order chi connectivity index (χ1) is 13.9. The minimum absolute atomic E-state index is 0.0116. The monoisotopic (exact) mass is 396 g/mol. The van der Waals surface area contributed by atoms with Gasteiger partial charge in [-0.2, -0.15) is 0 Å². The molecule has 0 amide bonds. The second kappa shape index (κ2) is 7.58. The lowest BCUT2D eigenvalue weighted by atomic mass is 9.97. The summed E-state index contributed by atoms with van der Waals surface area (Å²) in [5.41, 5.74) is 2.90. The third kappa shape index (κ3) is 3.68. The van der Waals surface area contributed by atoms with Crippen LogP contribution in [0.5, 0.6) is 17.2 Å². The molecule has 1 unspecified atom stereocenters. The quantitative estimate of drug-likeness (QED) is 0.547. The minimum Gasteiger partial charge on any atom is -0.481 e. The molecule has 7 heteroatoms. The number of carbonyl (C=O) groups is 3. The Morgan fingerprint density at radius 2 is 1.90 bits per heavy atom. The summed E-state index contributed by atoms with van der Waals surface area (Å²) in [5, 5.41) is 0. The zero-order valence-electron chi connectivity index (χ0n) is 16.2. The smallest absolute Gasteiger partial charge is 0.344 e. The predicted octanol–water partition coefficient (Wildman–Crippen LogP) is 3.22. The maximum atomic E-state index is 12.3. The normalized spacial score (nSPS) is 16.5. The van der Waals surface area contributed by atoms with Gasteiger partial charge in [0.05, 0.1) is 5.56 Å². The lowest BCUT2D eigenvalue weighted by molar-refractivity contribution is -0.144. The summed E-state index contributed by atoms with van der Waals surface area (Å²) >= 11 is 0. The van der Waals surface area contributed by atoms with Gasteiger partial charge in [-0.05, 0) is 48.2 Å². The van der Waals surface area contributed by atoms with E-state index >= 15 is 0 Å². The molecule has 1 heterocycles. The van der Waals surface area contributed by atoms with Crippen molar-refractivity contribution in [2.75, 3.05) is 20.0 Å². The SMILES string of the molecule is Cc1ccc(OCC(=O)OCC(=O)c2ccc3c(c2)OCO3)c2c1C(C)CC2=O. The van der Waals surface area contributed by atoms with Crippen LogP contribution in [0.15, 0.2) is 30.3 Å². The van der Waals surface area contributed by atoms with Gasteiger partial charge in [0.25, 0.3) is 0 Å². The van der Waals surface area contributed by atoms with Crippen LogP contribution >= 0.6 is 0 Å². The van der Waals surface area contributed by atoms with Crippen LogP contribution in [0, 0.1) is 6.92 Å². The van der Waals surface area contributed by atoms with Crippen molar-refractivity contribution in [1.29, 1.82) is 0 Å². The second-order valence-electron chi connectivity index (χ2n) is 7.14. The van der Waals surface area contributed by atoms with Crippen LogP contribution < -0.4 is 14.2 Å². The Balaban J connectivity index is 1.34. The number of hydrogen-bond acceptors (Lipinski definition) is 7. The number of aryl methyl sites for hydroxylation is 1. The first-order valence-electron chi connectivity index (χ1n) is 9.32. The number of hydrogen-bond donors (Lipinski definition) is 0. The third-order valence-corrected chi connectivity index (χ3v) is 5.09. The van der Waals surface area contributed by atoms with Gasteiger partial charge in [0.1, 0.15) is 5.75 Å². The number of benzene rings is 2. The highest BCUT2D eigenvalue weighted by Crippen LogP contribution is 2.40. The molecule has 0 aromatic heterocycles. The molecule has 0 saturated carbocycles. The van der Waals surface area contributed by atoms with Crippen LogP contribution in [0.2, 0.25) is 0 Å². The van der Waals surface area contributed by atoms with Crippen molar-refractivity contribution in [3.05, 3.63) is 52.6 Å². The standard InChI is InChI=1S/C22H20O7/c1-12-3-5-18(22-15(23)7-13(2)21(12)22)26-10-20(25)27-9-16(24)14-4-6-17-19(8-14)29-11-28-17/h3-6,8,13H,7,9-11H2,1-2H3. The molecule has 0 spiro atoms. The Kier molecular flexibility index (Phi) is 4.96. The van der Waals surface area contributed by atoms with Gasteiger partial charge in [-0.3, -0.25) is 9.59 Å². The number of fused-ring (bicyclic) bond motifs is 2. The molecule has 0 bridgehead atoms. The largest absolute Gasteiger partial charge is 0.481 e. The average Bonchev–Trinajstić information content (AvgIpc) is 3.29. The maximum absolute atomic E-state index is 12.3. The molecule has 29 heavy (non-hydrogen) atoms. The Labute approximate surface area is 167 Å². The van der Waals surface area contributed by atoms with Crippen LogP contribution in [0.25, 0.3) is 0 Å². The highest BCUT2D eigenvalue weighted by molar-refractivity contribution is 6.04. The summed E-state index contributed by atoms with van der Waals surface area (Å²) in [5.74, 6) is 0.520. The summed E-state index contributed by atoms with van der Waals surface area (Å²) < 4.78 is 21.0. The van der Waals surface area contributed by atoms with E-state index in [9.17, 15) is 14.4 Å². The molecule has 0 fully saturated rings. The number of rotatable bonds is 6. The van der Waals surface area contributed by atoms with Crippen LogP contribution in [0.3, 0.4) is 0 Å². The van der Waals surface area contributed by atoms with Crippen molar-refractivity contribution in [2.24, 2.45) is 0 Å². The van der Waals surface area contributed by atoms with Crippen molar-refractivity contribution in [1.82, 2.24) is 0 Å². The molecule has 0 N–H and O–H groups in total. The Bertz CT molecular complexity index is 1010. The van der Waals surface area contributed by atoms with Crippen molar-refractivity contribution in [3.8, 4) is 17.2 Å². The zero-order valence-corrected chi connectivity index (χ0v) is 16.2. The molecule has 0 saturated heterocycles. The topological polar surface area (TPSA) is 88.1 Å². The molecule has 150 valence electrons. The molecule has 1 aliphatic carbocycles. The van der Waals surface area contributed by atoms with E-state index in [4.69, 9.17) is 18.9 Å². The molecular formula is C22H20O7. The van der Waals surface area contributed by atoms with Crippen molar-refractivity contribution < 1.29 is 33.3 Å². The van der Waals surface area contributed by atoms with Crippen LogP contribution in [-0.4, -0.2) is 37.5 Å². The Hall–Kier alpha value is -3.35. The molecule has 7 nitrogen and oxygen atoms in total. The first kappa shape index (κ1) is 19.0. The molecule has 1 atom stereocenters. The molecule has 0 radical (unpaired) electrons. The maximum Gasteiger partial charge on any atom is 0.344 e. The highest BCUT2D eigenvalue weighted by atomic mass is 16.7. The van der Waals surface area contributed by atoms with E-state index in [1.165, 1.54) is 0 Å². The van der Waals surface area contributed by atoms with Gasteiger partial charge >= 0.3 is 5.97 Å². The van der Waals surface area contributed by atoms with Crippen molar-refractivity contribution in [2.45, 2.75) is 26.2 Å². The first-order valence-corrected chi connectivity index (χ1v) is 9.32. The van der Waals surface area contributed by atoms with Gasteiger partial charge < -0.3 is 18.9 Å². The van der Waals surface area contributed by atoms with Gasteiger partial charge in [-0.25, -0.2) is 4.79 Å². The molecular weight excluding hydrogens is 376 g/mol. The fourth-order valence-electron chi connectivity index (χ4n) is 3.71. The van der Waals surface area contributed by atoms with Crippen molar-refractivity contribution in [3.63, 3.8) is 0 Å². The molecule has 1 aliphatic heterocycles.